The molecule has 30 heavy (non-hydrogen) atoms. The first-order chi connectivity index (χ1) is 14.2. The zero-order valence-electron chi connectivity index (χ0n) is 16.2. The van der Waals surface area contributed by atoms with E-state index in [1.807, 2.05) is 0 Å². The van der Waals surface area contributed by atoms with Gasteiger partial charge < -0.3 is 9.80 Å². The van der Waals surface area contributed by atoms with Gasteiger partial charge in [-0.25, -0.2) is 8.78 Å². The molecule has 5 rings (SSSR count). The molecule has 158 valence electrons. The van der Waals surface area contributed by atoms with E-state index >= 15 is 0 Å². The molecule has 4 amide bonds. The maximum atomic E-state index is 13.6. The maximum Gasteiger partial charge on any atom is 0.255 e. The van der Waals surface area contributed by atoms with Gasteiger partial charge in [0.15, 0.2) is 0 Å². The van der Waals surface area contributed by atoms with E-state index in [4.69, 9.17) is 0 Å². The number of carbonyl (C=O) groups excluding carboxylic acids is 4. The first-order valence-corrected chi connectivity index (χ1v) is 10.1. The molecule has 1 aromatic rings. The van der Waals surface area contributed by atoms with Crippen LogP contribution in [0.2, 0.25) is 0 Å². The van der Waals surface area contributed by atoms with Crippen LogP contribution in [0, 0.1) is 5.41 Å². The van der Waals surface area contributed by atoms with Crippen LogP contribution in [-0.2, 0) is 16.1 Å². The van der Waals surface area contributed by atoms with E-state index in [2.05, 4.69) is 5.32 Å². The molecule has 7 nitrogen and oxygen atoms in total. The highest BCUT2D eigenvalue weighted by molar-refractivity contribution is 6.06. The SMILES string of the molecule is O=C1CCC(N2Cc3cc(C(=O)N4CC5(CCC(F)(F)C5)C4)ccc3C2=O)C(=O)N1. The Morgan fingerprint density at radius 2 is 1.90 bits per heavy atom. The number of benzene rings is 1. The molecule has 1 aliphatic carbocycles. The summed E-state index contributed by atoms with van der Waals surface area (Å²) in [4.78, 5) is 52.1. The zero-order valence-corrected chi connectivity index (χ0v) is 16.2. The second kappa shape index (κ2) is 6.33. The molecule has 1 N–H and O–H groups in total. The van der Waals surface area contributed by atoms with E-state index in [0.717, 1.165) is 0 Å². The fourth-order valence-corrected chi connectivity index (χ4v) is 5.24. The van der Waals surface area contributed by atoms with E-state index in [0.29, 0.717) is 36.2 Å². The molecule has 4 aliphatic rings. The Morgan fingerprint density at radius 3 is 2.57 bits per heavy atom. The topological polar surface area (TPSA) is 86.8 Å². The van der Waals surface area contributed by atoms with Crippen LogP contribution in [0.4, 0.5) is 8.78 Å². The van der Waals surface area contributed by atoms with Gasteiger partial charge in [-0.05, 0) is 36.6 Å². The van der Waals surface area contributed by atoms with Crippen molar-refractivity contribution in [3.63, 3.8) is 0 Å². The highest BCUT2D eigenvalue weighted by Crippen LogP contribution is 2.52. The molecule has 1 unspecified atom stereocenters. The molecule has 0 radical (unpaired) electrons. The third-order valence-corrected chi connectivity index (χ3v) is 6.76. The highest BCUT2D eigenvalue weighted by Gasteiger charge is 2.56. The summed E-state index contributed by atoms with van der Waals surface area (Å²) < 4.78 is 27.1. The predicted molar refractivity (Wildman–Crippen MR) is 99.6 cm³/mol. The standard InChI is InChI=1S/C21H21F2N3O4/c22-21(23)6-5-20(9-21)10-25(11-20)18(29)12-1-2-14-13(7-12)8-26(19(14)30)15-3-4-16(27)24-17(15)28/h1-2,7,15H,3-6,8-11H2,(H,24,27,28). The minimum atomic E-state index is -2.64. The fourth-order valence-electron chi connectivity index (χ4n) is 5.24. The van der Waals surface area contributed by atoms with Crippen LogP contribution in [0.1, 0.15) is 58.4 Å². The Labute approximate surface area is 171 Å². The Morgan fingerprint density at radius 1 is 1.13 bits per heavy atom. The Balaban J connectivity index is 1.29. The average molecular weight is 417 g/mol. The lowest BCUT2D eigenvalue weighted by molar-refractivity contribution is -0.136. The summed E-state index contributed by atoms with van der Waals surface area (Å²) in [6.45, 7) is 0.859. The molecule has 1 spiro atoms. The van der Waals surface area contributed by atoms with Crippen LogP contribution in [0.5, 0.6) is 0 Å². The van der Waals surface area contributed by atoms with Crippen molar-refractivity contribution in [3.8, 4) is 0 Å². The number of fused-ring (bicyclic) bond motifs is 1. The predicted octanol–water partition coefficient (Wildman–Crippen LogP) is 1.71. The molecule has 3 heterocycles. The lowest BCUT2D eigenvalue weighted by atomic mass is 9.77. The molecular formula is C21H21F2N3O4. The van der Waals surface area contributed by atoms with Gasteiger partial charge >= 0.3 is 0 Å². The summed E-state index contributed by atoms with van der Waals surface area (Å²) in [6.07, 6.45) is 0.603. The molecule has 1 atom stereocenters. The normalized spacial score (nSPS) is 26.6. The molecule has 0 aromatic heterocycles. The Kier molecular flexibility index (Phi) is 4.04. The van der Waals surface area contributed by atoms with E-state index in [1.165, 1.54) is 4.90 Å². The summed E-state index contributed by atoms with van der Waals surface area (Å²) >= 11 is 0. The van der Waals surface area contributed by atoms with Gasteiger partial charge in [-0.15, -0.1) is 0 Å². The van der Waals surface area contributed by atoms with Gasteiger partial charge in [0.05, 0.1) is 0 Å². The van der Waals surface area contributed by atoms with Gasteiger partial charge in [-0.1, -0.05) is 0 Å². The number of carbonyl (C=O) groups is 4. The number of nitrogens with zero attached hydrogens (tertiary/aromatic N) is 2. The lowest BCUT2D eigenvalue weighted by Crippen LogP contribution is -2.57. The van der Waals surface area contributed by atoms with Crippen molar-refractivity contribution in [3.05, 3.63) is 34.9 Å². The number of nitrogens with one attached hydrogen (secondary N) is 1. The summed E-state index contributed by atoms with van der Waals surface area (Å²) in [7, 11) is 0. The number of hydrogen-bond donors (Lipinski definition) is 1. The second-order valence-electron chi connectivity index (χ2n) is 8.97. The van der Waals surface area contributed by atoms with Crippen molar-refractivity contribution in [1.29, 1.82) is 0 Å². The molecule has 2 saturated heterocycles. The summed E-state index contributed by atoms with van der Waals surface area (Å²) in [5.74, 6) is -3.99. The number of piperidine rings is 1. The monoisotopic (exact) mass is 417 g/mol. The minimum absolute atomic E-state index is 0.119. The number of amides is 4. The van der Waals surface area contributed by atoms with E-state index < -0.39 is 23.3 Å². The highest BCUT2D eigenvalue weighted by atomic mass is 19.3. The lowest BCUT2D eigenvalue weighted by Gasteiger charge is -2.48. The smallest absolute Gasteiger partial charge is 0.255 e. The molecule has 1 aromatic carbocycles. The number of hydrogen-bond acceptors (Lipinski definition) is 4. The Hall–Kier alpha value is -2.84. The van der Waals surface area contributed by atoms with E-state index in [1.54, 1.807) is 23.1 Å². The third kappa shape index (κ3) is 2.98. The van der Waals surface area contributed by atoms with E-state index in [-0.39, 0.29) is 49.9 Å². The maximum absolute atomic E-state index is 13.6. The van der Waals surface area contributed by atoms with Gasteiger partial charge in [0.1, 0.15) is 6.04 Å². The van der Waals surface area contributed by atoms with Gasteiger partial charge in [0, 0.05) is 55.4 Å². The first-order valence-electron chi connectivity index (χ1n) is 10.1. The van der Waals surface area contributed by atoms with Crippen LogP contribution in [0.15, 0.2) is 18.2 Å². The van der Waals surface area contributed by atoms with Crippen LogP contribution in [0.3, 0.4) is 0 Å². The molecule has 3 fully saturated rings. The largest absolute Gasteiger partial charge is 0.337 e. The minimum Gasteiger partial charge on any atom is -0.337 e. The summed E-state index contributed by atoms with van der Waals surface area (Å²) in [5.41, 5.74) is 1.03. The van der Waals surface area contributed by atoms with Gasteiger partial charge in [-0.3, -0.25) is 24.5 Å². The van der Waals surface area contributed by atoms with Crippen LogP contribution in [-0.4, -0.2) is 58.5 Å². The molecule has 1 saturated carbocycles. The molecule has 3 aliphatic heterocycles. The average Bonchev–Trinajstić information content (AvgIpc) is 3.16. The van der Waals surface area contributed by atoms with Gasteiger partial charge in [0.25, 0.3) is 11.8 Å². The number of alkyl halides is 2. The second-order valence-corrected chi connectivity index (χ2v) is 8.97. The number of halogens is 2. The summed E-state index contributed by atoms with van der Waals surface area (Å²) in [6, 6.07) is 4.09. The van der Waals surface area contributed by atoms with Crippen molar-refractivity contribution >= 4 is 23.6 Å². The van der Waals surface area contributed by atoms with Crippen molar-refractivity contribution < 1.29 is 28.0 Å². The molecular weight excluding hydrogens is 396 g/mol. The van der Waals surface area contributed by atoms with Crippen molar-refractivity contribution in [1.82, 2.24) is 15.1 Å². The van der Waals surface area contributed by atoms with Crippen LogP contribution in [0.25, 0.3) is 0 Å². The third-order valence-electron chi connectivity index (χ3n) is 6.76. The fraction of sp³-hybridized carbons (Fsp3) is 0.524. The van der Waals surface area contributed by atoms with Crippen LogP contribution >= 0.6 is 0 Å². The number of rotatable bonds is 2. The molecule has 9 heteroatoms. The quantitative estimate of drug-likeness (QED) is 0.743. The van der Waals surface area contributed by atoms with Crippen molar-refractivity contribution in [2.24, 2.45) is 5.41 Å². The van der Waals surface area contributed by atoms with Crippen LogP contribution < -0.4 is 5.32 Å². The van der Waals surface area contributed by atoms with Crippen molar-refractivity contribution in [2.45, 2.75) is 50.6 Å². The van der Waals surface area contributed by atoms with E-state index in [9.17, 15) is 28.0 Å². The zero-order chi connectivity index (χ0) is 21.3. The van der Waals surface area contributed by atoms with Gasteiger partial charge in [0.2, 0.25) is 17.7 Å². The Bertz CT molecular complexity index is 986. The number of likely N-dealkylation sites (tertiary alicyclic amines) is 1. The summed E-state index contributed by atoms with van der Waals surface area (Å²) in [5, 5.41) is 2.26. The number of imide groups is 1. The first kappa shape index (κ1) is 19.1. The molecule has 0 bridgehead atoms. The van der Waals surface area contributed by atoms with Crippen molar-refractivity contribution in [2.75, 3.05) is 13.1 Å². The van der Waals surface area contributed by atoms with Gasteiger partial charge in [-0.2, -0.15) is 0 Å².